The van der Waals surface area contributed by atoms with Gasteiger partial charge >= 0.3 is 12.1 Å². The maximum absolute atomic E-state index is 13.1. The van der Waals surface area contributed by atoms with Crippen LogP contribution in [0.5, 0.6) is 0 Å². The molecule has 0 spiro atoms. The van der Waals surface area contributed by atoms with E-state index < -0.39 is 28.7 Å². The highest BCUT2D eigenvalue weighted by Gasteiger charge is 2.36. The maximum atomic E-state index is 13.1. The number of fused-ring (bicyclic) bond motifs is 1. The molecule has 0 aromatic carbocycles. The van der Waals surface area contributed by atoms with Crippen molar-refractivity contribution >= 4 is 17.0 Å². The van der Waals surface area contributed by atoms with Gasteiger partial charge in [-0.2, -0.15) is 13.2 Å². The van der Waals surface area contributed by atoms with Crippen molar-refractivity contribution in [2.45, 2.75) is 6.18 Å². The van der Waals surface area contributed by atoms with Crippen molar-refractivity contribution < 1.29 is 28.3 Å². The molecule has 13 heteroatoms. The van der Waals surface area contributed by atoms with E-state index in [0.717, 1.165) is 23.2 Å². The number of rotatable bonds is 2. The number of aromatic carboxylic acids is 1. The standard InChI is InChI=1S/C13H7F3N4O3.HNO2/c14-13(15,16)7-4-20(10-9(7)11(21)19-5-18-10)8-3-6(12(22)23)1-2-17-8;2-1-3/h1-5H,(H,22,23)(H,18,19,21);(H,2,3). The van der Waals surface area contributed by atoms with E-state index in [9.17, 15) is 22.8 Å². The molecule has 136 valence electrons. The van der Waals surface area contributed by atoms with Crippen LogP contribution >= 0.6 is 0 Å². The average molecular weight is 371 g/mol. The van der Waals surface area contributed by atoms with Gasteiger partial charge in [0.05, 0.1) is 22.8 Å². The van der Waals surface area contributed by atoms with Gasteiger partial charge in [-0.15, -0.1) is 4.91 Å². The molecule has 26 heavy (non-hydrogen) atoms. The molecule has 0 unspecified atom stereocenters. The third-order valence-corrected chi connectivity index (χ3v) is 3.13. The molecule has 0 bridgehead atoms. The van der Waals surface area contributed by atoms with Crippen LogP contribution in [-0.2, 0) is 6.18 Å². The first kappa shape index (κ1) is 18.6. The van der Waals surface area contributed by atoms with Crippen LogP contribution in [0.1, 0.15) is 15.9 Å². The highest BCUT2D eigenvalue weighted by atomic mass is 19.4. The van der Waals surface area contributed by atoms with Crippen molar-refractivity contribution in [3.05, 3.63) is 57.2 Å². The number of H-pyrrole nitrogens is 1. The topological polar surface area (TPSA) is 151 Å². The van der Waals surface area contributed by atoms with E-state index in [4.69, 9.17) is 15.2 Å². The summed E-state index contributed by atoms with van der Waals surface area (Å²) in [4.78, 5) is 40.5. The Hall–Kier alpha value is -3.77. The summed E-state index contributed by atoms with van der Waals surface area (Å²) in [5, 5.41) is 16.2. The quantitative estimate of drug-likeness (QED) is 0.460. The lowest BCUT2D eigenvalue weighted by molar-refractivity contribution is -0.136. The maximum Gasteiger partial charge on any atom is 0.418 e. The molecule has 3 aromatic heterocycles. The molecule has 0 saturated heterocycles. The Bertz CT molecular complexity index is 1030. The number of carbonyl (C=O) groups is 1. The number of hydrogen-bond donors (Lipinski definition) is 3. The minimum Gasteiger partial charge on any atom is -0.478 e. The number of nitrogens with one attached hydrogen (secondary N) is 1. The largest absolute Gasteiger partial charge is 0.478 e. The van der Waals surface area contributed by atoms with Crippen molar-refractivity contribution in [2.24, 2.45) is 5.34 Å². The van der Waals surface area contributed by atoms with Crippen molar-refractivity contribution in [3.8, 4) is 5.82 Å². The number of alkyl halides is 3. The Morgan fingerprint density at radius 3 is 2.54 bits per heavy atom. The van der Waals surface area contributed by atoms with E-state index in [-0.39, 0.29) is 17.0 Å². The summed E-state index contributed by atoms with van der Waals surface area (Å²) in [6.07, 6.45) is -2.00. The lowest BCUT2D eigenvalue weighted by Crippen LogP contribution is -2.12. The van der Waals surface area contributed by atoms with Gasteiger partial charge in [-0.1, -0.05) is 0 Å². The molecule has 0 radical (unpaired) electrons. The van der Waals surface area contributed by atoms with Crippen LogP contribution in [-0.4, -0.2) is 35.8 Å². The van der Waals surface area contributed by atoms with E-state index in [2.05, 4.69) is 15.0 Å². The monoisotopic (exact) mass is 371 g/mol. The first-order chi connectivity index (χ1) is 12.2. The van der Waals surface area contributed by atoms with Crippen LogP contribution in [0.25, 0.3) is 16.9 Å². The predicted molar refractivity (Wildman–Crippen MR) is 79.0 cm³/mol. The molecular weight excluding hydrogens is 363 g/mol. The number of nitrogens with zero attached hydrogens (tertiary/aromatic N) is 4. The van der Waals surface area contributed by atoms with E-state index in [1.807, 2.05) is 0 Å². The van der Waals surface area contributed by atoms with E-state index in [0.29, 0.717) is 6.20 Å². The third kappa shape index (κ3) is 3.50. The second-order valence-electron chi connectivity index (χ2n) is 4.63. The third-order valence-electron chi connectivity index (χ3n) is 3.13. The molecule has 3 aromatic rings. The van der Waals surface area contributed by atoms with Crippen LogP contribution in [0.2, 0.25) is 0 Å². The second-order valence-corrected chi connectivity index (χ2v) is 4.63. The van der Waals surface area contributed by atoms with Crippen LogP contribution in [0.15, 0.2) is 41.0 Å². The van der Waals surface area contributed by atoms with Gasteiger partial charge in [-0.05, 0) is 12.1 Å². The van der Waals surface area contributed by atoms with Crippen LogP contribution in [0, 0.1) is 4.91 Å². The number of carboxylic acid groups (broad SMARTS) is 1. The molecule has 0 aliphatic heterocycles. The SMILES string of the molecule is O=C(O)c1ccnc(-n2cc(C(F)(F)F)c3c(=O)[nH]cnc32)c1.O=NO. The highest BCUT2D eigenvalue weighted by Crippen LogP contribution is 2.34. The zero-order chi connectivity index (χ0) is 19.5. The Kier molecular flexibility index (Phi) is 5.00. The number of aromatic nitrogens is 4. The van der Waals surface area contributed by atoms with Gasteiger partial charge in [0.25, 0.3) is 5.56 Å². The Balaban J connectivity index is 0.000000758. The summed E-state index contributed by atoms with van der Waals surface area (Å²) in [5.74, 6) is -1.35. The van der Waals surface area contributed by atoms with Crippen molar-refractivity contribution in [1.29, 1.82) is 0 Å². The van der Waals surface area contributed by atoms with Crippen LogP contribution in [0.3, 0.4) is 0 Å². The molecule has 0 aliphatic carbocycles. The minimum atomic E-state index is -4.77. The highest BCUT2D eigenvalue weighted by molar-refractivity contribution is 5.88. The van der Waals surface area contributed by atoms with Crippen molar-refractivity contribution in [1.82, 2.24) is 19.5 Å². The average Bonchev–Trinajstić information content (AvgIpc) is 2.97. The van der Waals surface area contributed by atoms with E-state index in [1.165, 1.54) is 11.4 Å². The zero-order valence-electron chi connectivity index (χ0n) is 12.4. The number of hydrogen-bond acceptors (Lipinski definition) is 6. The zero-order valence-corrected chi connectivity index (χ0v) is 12.4. The summed E-state index contributed by atoms with van der Waals surface area (Å²) in [5.41, 5.74) is -2.55. The molecule has 3 N–H and O–H groups in total. The number of halogens is 3. The molecule has 0 aliphatic rings. The molecule has 0 saturated carbocycles. The first-order valence-corrected chi connectivity index (χ1v) is 6.53. The molecule has 3 rings (SSSR count). The van der Waals surface area contributed by atoms with Gasteiger partial charge in [0.15, 0.2) is 11.0 Å². The number of pyridine rings is 1. The second kappa shape index (κ2) is 7.00. The molecule has 3 heterocycles. The Morgan fingerprint density at radius 1 is 1.31 bits per heavy atom. The smallest absolute Gasteiger partial charge is 0.418 e. The van der Waals surface area contributed by atoms with E-state index >= 15 is 0 Å². The molecule has 10 nitrogen and oxygen atoms in total. The number of aromatic amines is 1. The van der Waals surface area contributed by atoms with E-state index in [1.54, 1.807) is 0 Å². The van der Waals surface area contributed by atoms with Gasteiger partial charge < -0.3 is 15.3 Å². The normalized spacial score (nSPS) is 10.9. The van der Waals surface area contributed by atoms with Crippen LogP contribution in [0.4, 0.5) is 13.2 Å². The van der Waals surface area contributed by atoms with Crippen molar-refractivity contribution in [2.75, 3.05) is 0 Å². The van der Waals surface area contributed by atoms with Gasteiger partial charge in [0.1, 0.15) is 5.82 Å². The summed E-state index contributed by atoms with van der Waals surface area (Å²) in [6.45, 7) is 0. The van der Waals surface area contributed by atoms with Gasteiger partial charge in [0.2, 0.25) is 0 Å². The molecule has 0 amide bonds. The summed E-state index contributed by atoms with van der Waals surface area (Å²) in [7, 11) is 0. The lowest BCUT2D eigenvalue weighted by atomic mass is 10.2. The fourth-order valence-electron chi connectivity index (χ4n) is 2.14. The Labute approximate surface area is 140 Å². The molecule has 0 atom stereocenters. The number of carboxylic acids is 1. The first-order valence-electron chi connectivity index (χ1n) is 6.53. The minimum absolute atomic E-state index is 0.0940. The van der Waals surface area contributed by atoms with Gasteiger partial charge in [0, 0.05) is 12.4 Å². The summed E-state index contributed by atoms with van der Waals surface area (Å²) >= 11 is 0. The fourth-order valence-corrected chi connectivity index (χ4v) is 2.14. The fraction of sp³-hybridized carbons (Fsp3) is 0.0769. The predicted octanol–water partition coefficient (Wildman–Crippen LogP) is 1.97. The van der Waals surface area contributed by atoms with Gasteiger partial charge in [-0.25, -0.2) is 14.8 Å². The summed E-state index contributed by atoms with van der Waals surface area (Å²) in [6, 6.07) is 2.28. The van der Waals surface area contributed by atoms with Crippen LogP contribution < -0.4 is 5.56 Å². The Morgan fingerprint density at radius 2 is 1.96 bits per heavy atom. The molecular formula is C13H8F3N5O5. The molecule has 0 fully saturated rings. The summed E-state index contributed by atoms with van der Waals surface area (Å²) < 4.78 is 40.3. The van der Waals surface area contributed by atoms with Crippen molar-refractivity contribution in [3.63, 3.8) is 0 Å². The lowest BCUT2D eigenvalue weighted by Gasteiger charge is -2.04. The van der Waals surface area contributed by atoms with Gasteiger partial charge in [-0.3, -0.25) is 9.36 Å².